The van der Waals surface area contributed by atoms with Crippen LogP contribution in [-0.2, 0) is 7.05 Å². The molecule has 0 aliphatic carbocycles. The van der Waals surface area contributed by atoms with Gasteiger partial charge in [-0.25, -0.2) is 4.98 Å². The van der Waals surface area contributed by atoms with Gasteiger partial charge in [0, 0.05) is 56.2 Å². The first-order chi connectivity index (χ1) is 13.1. The molecule has 1 aliphatic rings. The zero-order chi connectivity index (χ0) is 19.0. The summed E-state index contributed by atoms with van der Waals surface area (Å²) in [7, 11) is 3.69. The topological polar surface area (TPSA) is 80.1 Å². The van der Waals surface area contributed by atoms with Gasteiger partial charge in [-0.2, -0.15) is 4.37 Å². The van der Waals surface area contributed by atoms with E-state index in [1.54, 1.807) is 17.2 Å². The summed E-state index contributed by atoms with van der Waals surface area (Å²) in [6.07, 6.45) is 3.26. The van der Waals surface area contributed by atoms with Crippen molar-refractivity contribution in [3.05, 3.63) is 52.1 Å². The van der Waals surface area contributed by atoms with E-state index < -0.39 is 0 Å². The highest BCUT2D eigenvalue weighted by molar-refractivity contribution is 7.09. The number of nitrogens with zero attached hydrogens (tertiary/aromatic N) is 4. The third-order valence-corrected chi connectivity index (χ3v) is 5.88. The molecule has 0 spiro atoms. The number of nitrogens with one attached hydrogen (secondary N) is 1. The fourth-order valence-electron chi connectivity index (χ4n) is 3.61. The lowest BCUT2D eigenvalue weighted by Gasteiger charge is -2.30. The molecule has 0 unspecified atom stereocenters. The van der Waals surface area contributed by atoms with Crippen LogP contribution in [0.4, 0.5) is 5.13 Å². The molecule has 1 aromatic carbocycles. The number of benzene rings is 1. The van der Waals surface area contributed by atoms with Crippen molar-refractivity contribution in [1.29, 1.82) is 0 Å². The Balaban J connectivity index is 1.54. The van der Waals surface area contributed by atoms with Gasteiger partial charge in [-0.05, 0) is 25.0 Å². The van der Waals surface area contributed by atoms with Crippen LogP contribution in [0.25, 0.3) is 10.9 Å². The smallest absolute Gasteiger partial charge is 0.259 e. The van der Waals surface area contributed by atoms with Crippen LogP contribution in [0.15, 0.2) is 35.3 Å². The van der Waals surface area contributed by atoms with Crippen molar-refractivity contribution >= 4 is 33.5 Å². The molecular weight excluding hydrogens is 362 g/mol. The first-order valence-electron chi connectivity index (χ1n) is 8.97. The maximum Gasteiger partial charge on any atom is 0.259 e. The fraction of sp³-hybridized carbons (Fsp3) is 0.368. The standard InChI is InChI=1S/C19H21N5O2S/c1-20-19-21-17(22-27-19)12-7-9-24(10-8-12)18(26)14-11-23(2)15-6-4-3-5-13(15)16(14)25/h3-6,11-12H,7-10H2,1-2H3,(H,20,21,22). The summed E-state index contributed by atoms with van der Waals surface area (Å²) in [5.74, 6) is 0.909. The van der Waals surface area contributed by atoms with Crippen LogP contribution in [0.2, 0.25) is 0 Å². The second-order valence-electron chi connectivity index (χ2n) is 6.77. The van der Waals surface area contributed by atoms with Gasteiger partial charge in [0.15, 0.2) is 0 Å². The Morgan fingerprint density at radius 2 is 2.00 bits per heavy atom. The van der Waals surface area contributed by atoms with Crippen LogP contribution in [0, 0.1) is 0 Å². The predicted octanol–water partition coefficient (Wildman–Crippen LogP) is 2.45. The lowest BCUT2D eigenvalue weighted by molar-refractivity contribution is 0.0709. The van der Waals surface area contributed by atoms with Crippen LogP contribution >= 0.6 is 11.5 Å². The number of hydrogen-bond donors (Lipinski definition) is 1. The van der Waals surface area contributed by atoms with E-state index in [9.17, 15) is 9.59 Å². The van der Waals surface area contributed by atoms with Gasteiger partial charge >= 0.3 is 0 Å². The van der Waals surface area contributed by atoms with Gasteiger partial charge in [-0.1, -0.05) is 12.1 Å². The molecule has 2 aromatic heterocycles. The molecule has 3 heterocycles. The van der Waals surface area contributed by atoms with Crippen molar-refractivity contribution in [3.63, 3.8) is 0 Å². The zero-order valence-electron chi connectivity index (χ0n) is 15.3. The van der Waals surface area contributed by atoms with Crippen LogP contribution in [0.3, 0.4) is 0 Å². The van der Waals surface area contributed by atoms with E-state index in [0.717, 1.165) is 29.3 Å². The molecule has 1 N–H and O–H groups in total. The Kier molecular flexibility index (Phi) is 4.65. The van der Waals surface area contributed by atoms with Crippen LogP contribution in [0.5, 0.6) is 0 Å². The summed E-state index contributed by atoms with van der Waals surface area (Å²) in [5, 5.41) is 4.39. The number of aromatic nitrogens is 3. The molecule has 0 radical (unpaired) electrons. The first kappa shape index (κ1) is 17.7. The lowest BCUT2D eigenvalue weighted by Crippen LogP contribution is -2.40. The molecular formula is C19H21N5O2S. The molecule has 3 aromatic rings. The highest BCUT2D eigenvalue weighted by Gasteiger charge is 2.28. The SMILES string of the molecule is CNc1nc(C2CCN(C(=O)c3cn(C)c4ccccc4c3=O)CC2)ns1. The van der Waals surface area contributed by atoms with Gasteiger partial charge < -0.3 is 14.8 Å². The highest BCUT2D eigenvalue weighted by Crippen LogP contribution is 2.28. The predicted molar refractivity (Wildman–Crippen MR) is 107 cm³/mol. The molecule has 27 heavy (non-hydrogen) atoms. The number of rotatable bonds is 3. The van der Waals surface area contributed by atoms with Crippen molar-refractivity contribution in [2.75, 3.05) is 25.5 Å². The summed E-state index contributed by atoms with van der Waals surface area (Å²) >= 11 is 1.35. The van der Waals surface area contributed by atoms with Gasteiger partial charge in [0.05, 0.1) is 5.52 Å². The quantitative estimate of drug-likeness (QED) is 0.751. The Labute approximate surface area is 160 Å². The number of aryl methyl sites for hydroxylation is 1. The summed E-state index contributed by atoms with van der Waals surface area (Å²) in [4.78, 5) is 32.0. The van der Waals surface area contributed by atoms with Crippen molar-refractivity contribution in [2.24, 2.45) is 7.05 Å². The highest BCUT2D eigenvalue weighted by atomic mass is 32.1. The van der Waals surface area contributed by atoms with Crippen molar-refractivity contribution < 1.29 is 4.79 Å². The lowest BCUT2D eigenvalue weighted by atomic mass is 9.95. The summed E-state index contributed by atoms with van der Waals surface area (Å²) in [6, 6.07) is 7.37. The number of piperidine rings is 1. The molecule has 1 fully saturated rings. The van der Waals surface area contributed by atoms with Gasteiger partial charge in [0.25, 0.3) is 5.91 Å². The van der Waals surface area contributed by atoms with Gasteiger partial charge in [0.1, 0.15) is 11.4 Å². The number of likely N-dealkylation sites (tertiary alicyclic amines) is 1. The second-order valence-corrected chi connectivity index (χ2v) is 7.53. The molecule has 140 valence electrons. The van der Waals surface area contributed by atoms with Crippen LogP contribution < -0.4 is 10.7 Å². The van der Waals surface area contributed by atoms with E-state index in [-0.39, 0.29) is 22.8 Å². The van der Waals surface area contributed by atoms with Gasteiger partial charge in [0.2, 0.25) is 10.6 Å². The Morgan fingerprint density at radius 1 is 1.26 bits per heavy atom. The summed E-state index contributed by atoms with van der Waals surface area (Å²) < 4.78 is 6.25. The normalized spacial score (nSPS) is 15.3. The summed E-state index contributed by atoms with van der Waals surface area (Å²) in [6.45, 7) is 1.21. The molecule has 0 bridgehead atoms. The number of fused-ring (bicyclic) bond motifs is 1. The van der Waals surface area contributed by atoms with Crippen LogP contribution in [-0.4, -0.2) is 44.9 Å². The number of anilines is 1. The van der Waals surface area contributed by atoms with E-state index in [4.69, 9.17) is 0 Å². The van der Waals surface area contributed by atoms with Crippen molar-refractivity contribution in [2.45, 2.75) is 18.8 Å². The number of para-hydroxylation sites is 1. The van der Waals surface area contributed by atoms with Crippen molar-refractivity contribution in [3.8, 4) is 0 Å². The average molecular weight is 383 g/mol. The molecule has 0 atom stereocenters. The second kappa shape index (κ2) is 7.11. The number of amides is 1. The molecule has 1 saturated heterocycles. The number of pyridine rings is 1. The van der Waals surface area contributed by atoms with Gasteiger partial charge in [-0.15, -0.1) is 0 Å². The first-order valence-corrected chi connectivity index (χ1v) is 9.75. The van der Waals surface area contributed by atoms with Crippen LogP contribution in [0.1, 0.15) is 34.9 Å². The third kappa shape index (κ3) is 3.21. The van der Waals surface area contributed by atoms with E-state index in [0.29, 0.717) is 18.5 Å². The number of carbonyl (C=O) groups is 1. The van der Waals surface area contributed by atoms with Crippen molar-refractivity contribution in [1.82, 2.24) is 18.8 Å². The monoisotopic (exact) mass is 383 g/mol. The number of carbonyl (C=O) groups excluding carboxylic acids is 1. The maximum absolute atomic E-state index is 13.0. The van der Waals surface area contributed by atoms with E-state index in [2.05, 4.69) is 14.7 Å². The Morgan fingerprint density at radius 3 is 2.70 bits per heavy atom. The Bertz CT molecular complexity index is 1050. The largest absolute Gasteiger partial charge is 0.363 e. The van der Waals surface area contributed by atoms with E-state index >= 15 is 0 Å². The van der Waals surface area contributed by atoms with E-state index in [1.165, 1.54) is 11.5 Å². The minimum absolute atomic E-state index is 0.193. The fourth-order valence-corrected chi connectivity index (χ4v) is 4.20. The average Bonchev–Trinajstić information content (AvgIpc) is 3.20. The summed E-state index contributed by atoms with van der Waals surface area (Å²) in [5.41, 5.74) is 0.863. The molecule has 1 aliphatic heterocycles. The molecule has 0 saturated carbocycles. The Hall–Kier alpha value is -2.74. The van der Waals surface area contributed by atoms with E-state index in [1.807, 2.05) is 36.9 Å². The molecule has 8 heteroatoms. The molecule has 7 nitrogen and oxygen atoms in total. The zero-order valence-corrected chi connectivity index (χ0v) is 16.1. The number of hydrogen-bond acceptors (Lipinski definition) is 6. The minimum atomic E-state index is -0.198. The minimum Gasteiger partial charge on any atom is -0.363 e. The molecule has 1 amide bonds. The maximum atomic E-state index is 13.0. The van der Waals surface area contributed by atoms with Gasteiger partial charge in [-0.3, -0.25) is 9.59 Å². The molecule has 4 rings (SSSR count). The third-order valence-electron chi connectivity index (χ3n) is 5.13.